The van der Waals surface area contributed by atoms with Crippen molar-refractivity contribution in [2.24, 2.45) is 11.8 Å². The van der Waals surface area contributed by atoms with Gasteiger partial charge >= 0.3 is 358 Å². The fraction of sp³-hybridized carbons (Fsp3) is 0.481. The molecule has 0 heterocycles. The standard InChI is InChI=1S/2C25H29.C3H4F3.CH3.2ClH.H2Si.Zr/c2*1-3-18(2)21-11-13-22(14-12-21)24-10-6-9-23-16-20(17-25(23)24)15-19-7-4-5-8-19;1-2-3(4,5)6;;;;;/h2*6,9-14,16-19H,3-5,7-8,15H2,1-2H3;1-2H2;1H3;2*1H;1H2;. The summed E-state index contributed by atoms with van der Waals surface area (Å²) >= 11 is -4.79. The van der Waals surface area contributed by atoms with E-state index in [-0.39, 0.29) is 36.2 Å². The normalized spacial score (nSPS) is 20.3. The Bertz CT molecular complexity index is 2130. The van der Waals surface area contributed by atoms with Gasteiger partial charge in [0.05, 0.1) is 0 Å². The van der Waals surface area contributed by atoms with Crippen molar-refractivity contribution in [2.45, 2.75) is 145 Å². The Hall–Kier alpha value is -2.17. The minimum absolute atomic E-state index is 0. The third kappa shape index (κ3) is 9.77. The summed E-state index contributed by atoms with van der Waals surface area (Å²) in [5.74, 6) is 2.22. The van der Waals surface area contributed by atoms with Gasteiger partial charge in [-0.15, -0.1) is 24.8 Å². The van der Waals surface area contributed by atoms with E-state index < -0.39 is 30.0 Å². The van der Waals surface area contributed by atoms with Gasteiger partial charge in [0.15, 0.2) is 0 Å². The molecule has 8 rings (SSSR count). The van der Waals surface area contributed by atoms with Gasteiger partial charge in [-0.05, 0) is 0 Å². The molecule has 0 N–H and O–H groups in total. The third-order valence-electron chi connectivity index (χ3n) is 16.0. The van der Waals surface area contributed by atoms with Crippen molar-refractivity contribution in [3.05, 3.63) is 129 Å². The molecule has 2 saturated carbocycles. The van der Waals surface area contributed by atoms with Crippen LogP contribution in [0.15, 0.2) is 96.1 Å². The number of halogens is 5. The van der Waals surface area contributed by atoms with E-state index in [0.717, 1.165) is 25.7 Å². The van der Waals surface area contributed by atoms with Crippen LogP contribution >= 0.6 is 24.8 Å². The first-order valence-corrected chi connectivity index (χ1v) is 36.2. The number of allylic oxidation sites excluding steroid dienone is 2. The second kappa shape index (κ2) is 19.5. The molecular formula is C54H69Cl2F3SiZr. The molecule has 0 amide bonds. The van der Waals surface area contributed by atoms with Crippen LogP contribution in [0, 0.1) is 11.8 Å². The summed E-state index contributed by atoms with van der Waals surface area (Å²) in [6.45, 7) is 11.2. The molecule has 4 aromatic rings. The van der Waals surface area contributed by atoms with Crippen LogP contribution in [0.4, 0.5) is 13.2 Å². The van der Waals surface area contributed by atoms with Crippen molar-refractivity contribution in [2.75, 3.05) is 0 Å². The van der Waals surface area contributed by atoms with Crippen molar-refractivity contribution in [1.82, 2.24) is 0 Å². The zero-order valence-corrected chi connectivity index (χ0v) is 42.8. The Morgan fingerprint density at radius 2 is 0.984 bits per heavy atom. The predicted octanol–water partition coefficient (Wildman–Crippen LogP) is 17.3. The third-order valence-corrected chi connectivity index (χ3v) is 38.9. The van der Waals surface area contributed by atoms with Gasteiger partial charge in [0.1, 0.15) is 0 Å². The molecular weight excluding hydrogens is 896 g/mol. The molecule has 4 atom stereocenters. The van der Waals surface area contributed by atoms with Crippen molar-refractivity contribution in [3.63, 3.8) is 0 Å². The van der Waals surface area contributed by atoms with Crippen LogP contribution in [0.5, 0.6) is 0 Å². The second-order valence-electron chi connectivity index (χ2n) is 20.1. The van der Waals surface area contributed by atoms with Crippen molar-refractivity contribution < 1.29 is 30.6 Å². The number of benzene rings is 4. The predicted molar refractivity (Wildman–Crippen MR) is 260 cm³/mol. The molecule has 0 nitrogen and oxygen atoms in total. The molecule has 4 aliphatic rings. The number of fused-ring (bicyclic) bond motifs is 2. The molecule has 4 aromatic carbocycles. The fourth-order valence-electron chi connectivity index (χ4n) is 12.3. The van der Waals surface area contributed by atoms with Crippen LogP contribution in [0.2, 0.25) is 8.76 Å². The molecule has 0 aliphatic heterocycles. The monoisotopic (exact) mass is 962 g/mol. The summed E-state index contributed by atoms with van der Waals surface area (Å²) in [6, 6.07) is 32.0. The average molecular weight is 965 g/mol. The maximum atomic E-state index is 15.0. The van der Waals surface area contributed by atoms with Gasteiger partial charge in [0.25, 0.3) is 0 Å². The summed E-state index contributed by atoms with van der Waals surface area (Å²) in [6.07, 6.45) is 14.3. The molecule has 0 saturated heterocycles. The molecule has 7 heteroatoms. The number of hydrogen-bond acceptors (Lipinski definition) is 0. The summed E-state index contributed by atoms with van der Waals surface area (Å²) in [7, 11) is 0. The van der Waals surface area contributed by atoms with Gasteiger partial charge in [0.2, 0.25) is 0 Å². The smallest absolute Gasteiger partial charge is 0.147 e. The molecule has 0 bridgehead atoms. The van der Waals surface area contributed by atoms with Gasteiger partial charge in [-0.3, -0.25) is 0 Å². The Balaban J connectivity index is 0.00000311. The van der Waals surface area contributed by atoms with E-state index in [1.165, 1.54) is 118 Å². The minimum Gasteiger partial charge on any atom is -0.147 e. The fourth-order valence-corrected chi connectivity index (χ4v) is 36.0. The number of hydrogen-bond donors (Lipinski definition) is 0. The van der Waals surface area contributed by atoms with Crippen LogP contribution in [0.1, 0.15) is 164 Å². The van der Waals surface area contributed by atoms with Crippen LogP contribution in [0.3, 0.4) is 0 Å². The van der Waals surface area contributed by atoms with Crippen LogP contribution in [0.25, 0.3) is 34.4 Å². The van der Waals surface area contributed by atoms with Crippen LogP contribution in [-0.4, -0.2) is 13.1 Å². The van der Waals surface area contributed by atoms with E-state index in [9.17, 15) is 13.2 Å². The molecule has 4 unspecified atom stereocenters. The Labute approximate surface area is 380 Å². The summed E-state index contributed by atoms with van der Waals surface area (Å²) in [5, 5.41) is 0. The van der Waals surface area contributed by atoms with Gasteiger partial charge in [-0.2, -0.15) is 0 Å². The van der Waals surface area contributed by atoms with Crippen LogP contribution in [-0.2, 0) is 17.4 Å². The quantitative estimate of drug-likeness (QED) is 0.111. The maximum Gasteiger partial charge on any atom is -0.147 e. The van der Waals surface area contributed by atoms with E-state index in [4.69, 9.17) is 0 Å². The van der Waals surface area contributed by atoms with Crippen LogP contribution < -0.4 is 0 Å². The van der Waals surface area contributed by atoms with Crippen molar-refractivity contribution in [1.29, 1.82) is 0 Å². The van der Waals surface area contributed by atoms with Gasteiger partial charge < -0.3 is 0 Å². The summed E-state index contributed by atoms with van der Waals surface area (Å²) in [5.41, 5.74) is 15.7. The first-order chi connectivity index (χ1) is 28.3. The zero-order valence-electron chi connectivity index (χ0n) is 37.3. The first kappa shape index (κ1) is 48.3. The largest absolute Gasteiger partial charge is 0.147 e. The van der Waals surface area contributed by atoms with E-state index >= 15 is 0 Å². The van der Waals surface area contributed by atoms with Crippen molar-refractivity contribution >= 4 is 43.8 Å². The topological polar surface area (TPSA) is 0 Å². The average Bonchev–Trinajstić information content (AvgIpc) is 4.07. The molecule has 2 fully saturated rings. The SMILES string of the molecule is CCC(C)c1ccc(-c2cccc3c2C=C(CC2CCCC2)[CH]3[Zr]([CH3])(=[SiH2])([CH2]CC(F)(F)F)[CH]2C(CC3CCCC3)=Cc3c(-c4ccc(C(C)CC)cc4)cccc32)cc1.Cl.Cl. The molecule has 4 aliphatic carbocycles. The molecule has 61 heavy (non-hydrogen) atoms. The van der Waals surface area contributed by atoms with E-state index in [2.05, 4.69) is 136 Å². The Morgan fingerprint density at radius 3 is 1.33 bits per heavy atom. The summed E-state index contributed by atoms with van der Waals surface area (Å²) < 4.78 is 47.9. The molecule has 0 radical (unpaired) electrons. The Kier molecular flexibility index (Phi) is 15.4. The van der Waals surface area contributed by atoms with E-state index in [0.29, 0.717) is 23.7 Å². The molecule has 328 valence electrons. The minimum atomic E-state index is -4.79. The van der Waals surface area contributed by atoms with E-state index in [1.807, 2.05) is 0 Å². The van der Waals surface area contributed by atoms with Crippen molar-refractivity contribution in [3.8, 4) is 22.3 Å². The van der Waals surface area contributed by atoms with Gasteiger partial charge in [-0.25, -0.2) is 0 Å². The van der Waals surface area contributed by atoms with Gasteiger partial charge in [0, 0.05) is 0 Å². The summed E-state index contributed by atoms with van der Waals surface area (Å²) in [4.78, 5) is 0. The zero-order chi connectivity index (χ0) is 41.6. The molecule has 0 aromatic heterocycles. The second-order valence-corrected chi connectivity index (χ2v) is 48.5. The maximum absolute atomic E-state index is 15.0. The van der Waals surface area contributed by atoms with E-state index in [1.54, 1.807) is 0 Å². The Morgan fingerprint density at radius 1 is 0.607 bits per heavy atom. The number of rotatable bonds is 14. The number of alkyl halides is 3. The first-order valence-electron chi connectivity index (χ1n) is 23.3. The van der Waals surface area contributed by atoms with Gasteiger partial charge in [-0.1, -0.05) is 0 Å². The molecule has 0 spiro atoms.